The summed E-state index contributed by atoms with van der Waals surface area (Å²) in [6.45, 7) is 5.55. The van der Waals surface area contributed by atoms with E-state index in [1.54, 1.807) is 17.4 Å². The predicted molar refractivity (Wildman–Crippen MR) is 80.3 cm³/mol. The van der Waals surface area contributed by atoms with Crippen LogP contribution in [0.4, 0.5) is 4.39 Å². The molecule has 0 bridgehead atoms. The molecule has 0 amide bonds. The van der Waals surface area contributed by atoms with Gasteiger partial charge in [0, 0.05) is 28.9 Å². The number of halogens is 1. The van der Waals surface area contributed by atoms with E-state index >= 15 is 0 Å². The summed E-state index contributed by atoms with van der Waals surface area (Å²) < 4.78 is 19.1. The SMILES string of the molecule is CC1(CNCc2ccc(F)c(-c3cccs3)c2)COC1. The van der Waals surface area contributed by atoms with Gasteiger partial charge in [0.2, 0.25) is 0 Å². The van der Waals surface area contributed by atoms with Crippen molar-refractivity contribution in [3.05, 3.63) is 47.1 Å². The van der Waals surface area contributed by atoms with Crippen molar-refractivity contribution < 1.29 is 9.13 Å². The van der Waals surface area contributed by atoms with Crippen molar-refractivity contribution in [3.8, 4) is 10.4 Å². The monoisotopic (exact) mass is 291 g/mol. The van der Waals surface area contributed by atoms with E-state index in [9.17, 15) is 4.39 Å². The van der Waals surface area contributed by atoms with Gasteiger partial charge in [-0.1, -0.05) is 19.1 Å². The van der Waals surface area contributed by atoms with Crippen molar-refractivity contribution >= 4 is 11.3 Å². The molecule has 0 unspecified atom stereocenters. The van der Waals surface area contributed by atoms with Crippen LogP contribution in [0.15, 0.2) is 35.7 Å². The second-order valence-electron chi connectivity index (χ2n) is 5.70. The molecule has 1 fully saturated rings. The Balaban J connectivity index is 1.66. The van der Waals surface area contributed by atoms with E-state index in [1.807, 2.05) is 29.6 Å². The zero-order chi connectivity index (χ0) is 14.0. The van der Waals surface area contributed by atoms with Crippen molar-refractivity contribution in [3.63, 3.8) is 0 Å². The quantitative estimate of drug-likeness (QED) is 0.907. The minimum Gasteiger partial charge on any atom is -0.380 e. The molecular weight excluding hydrogens is 273 g/mol. The van der Waals surface area contributed by atoms with Crippen molar-refractivity contribution in [1.82, 2.24) is 5.32 Å². The van der Waals surface area contributed by atoms with Gasteiger partial charge in [-0.25, -0.2) is 4.39 Å². The molecule has 4 heteroatoms. The summed E-state index contributed by atoms with van der Waals surface area (Å²) >= 11 is 1.56. The van der Waals surface area contributed by atoms with Crippen LogP contribution in [0.25, 0.3) is 10.4 Å². The molecule has 20 heavy (non-hydrogen) atoms. The van der Waals surface area contributed by atoms with Gasteiger partial charge in [0.05, 0.1) is 13.2 Å². The lowest BCUT2D eigenvalue weighted by Gasteiger charge is -2.38. The summed E-state index contributed by atoms with van der Waals surface area (Å²) in [5, 5.41) is 5.41. The van der Waals surface area contributed by atoms with Crippen LogP contribution in [-0.2, 0) is 11.3 Å². The van der Waals surface area contributed by atoms with Crippen LogP contribution in [0.5, 0.6) is 0 Å². The van der Waals surface area contributed by atoms with Crippen LogP contribution in [0.2, 0.25) is 0 Å². The Labute approximate surface area is 122 Å². The zero-order valence-electron chi connectivity index (χ0n) is 11.5. The van der Waals surface area contributed by atoms with Crippen molar-refractivity contribution in [2.24, 2.45) is 5.41 Å². The van der Waals surface area contributed by atoms with Crippen LogP contribution >= 0.6 is 11.3 Å². The van der Waals surface area contributed by atoms with E-state index in [2.05, 4.69) is 12.2 Å². The van der Waals surface area contributed by atoms with Crippen molar-refractivity contribution in [2.45, 2.75) is 13.5 Å². The fourth-order valence-corrected chi connectivity index (χ4v) is 3.11. The first-order valence-electron chi connectivity index (χ1n) is 6.77. The Bertz CT molecular complexity index is 578. The summed E-state index contributed by atoms with van der Waals surface area (Å²) in [7, 11) is 0. The maximum Gasteiger partial charge on any atom is 0.131 e. The average Bonchev–Trinajstić information content (AvgIpc) is 2.92. The van der Waals surface area contributed by atoms with Crippen molar-refractivity contribution in [2.75, 3.05) is 19.8 Å². The first kappa shape index (κ1) is 13.7. The lowest BCUT2D eigenvalue weighted by molar-refractivity contribution is -0.0991. The Morgan fingerprint density at radius 3 is 2.85 bits per heavy atom. The van der Waals surface area contributed by atoms with Gasteiger partial charge in [0.15, 0.2) is 0 Å². The molecule has 0 spiro atoms. The van der Waals surface area contributed by atoms with Gasteiger partial charge < -0.3 is 10.1 Å². The summed E-state index contributed by atoms with van der Waals surface area (Å²) in [6.07, 6.45) is 0. The number of benzene rings is 1. The summed E-state index contributed by atoms with van der Waals surface area (Å²) in [6, 6.07) is 9.24. The molecule has 1 aliphatic rings. The zero-order valence-corrected chi connectivity index (χ0v) is 12.3. The predicted octanol–water partition coefficient (Wildman–Crippen LogP) is 3.68. The third-order valence-electron chi connectivity index (χ3n) is 3.60. The molecule has 0 radical (unpaired) electrons. The standard InChI is InChI=1S/C16H18FNOS/c1-16(10-19-11-16)9-18-8-12-4-5-14(17)13(7-12)15-3-2-6-20-15/h2-7,18H,8-11H2,1H3. The Morgan fingerprint density at radius 2 is 2.20 bits per heavy atom. The van der Waals surface area contributed by atoms with E-state index in [-0.39, 0.29) is 11.2 Å². The van der Waals surface area contributed by atoms with E-state index in [0.717, 1.165) is 36.7 Å². The lowest BCUT2D eigenvalue weighted by Crippen LogP contribution is -2.47. The molecule has 1 aliphatic heterocycles. The number of rotatable bonds is 5. The molecule has 106 valence electrons. The maximum atomic E-state index is 13.9. The smallest absolute Gasteiger partial charge is 0.131 e. The average molecular weight is 291 g/mol. The molecule has 2 aromatic rings. The highest BCUT2D eigenvalue weighted by Crippen LogP contribution is 2.28. The molecular formula is C16H18FNOS. The molecule has 1 N–H and O–H groups in total. The number of ether oxygens (including phenoxy) is 1. The number of thiophene rings is 1. The van der Waals surface area contributed by atoms with Gasteiger partial charge in [-0.3, -0.25) is 0 Å². The minimum absolute atomic E-state index is 0.157. The maximum absolute atomic E-state index is 13.9. The molecule has 0 saturated carbocycles. The number of nitrogens with one attached hydrogen (secondary N) is 1. The first-order chi connectivity index (χ1) is 9.66. The third kappa shape index (κ3) is 2.92. The molecule has 3 rings (SSSR count). The van der Waals surface area contributed by atoms with Gasteiger partial charge in [-0.2, -0.15) is 0 Å². The van der Waals surface area contributed by atoms with E-state index < -0.39 is 0 Å². The van der Waals surface area contributed by atoms with Crippen LogP contribution in [-0.4, -0.2) is 19.8 Å². The van der Waals surface area contributed by atoms with Gasteiger partial charge in [0.1, 0.15) is 5.82 Å². The molecule has 0 aliphatic carbocycles. The van der Waals surface area contributed by atoms with E-state index in [1.165, 1.54) is 0 Å². The van der Waals surface area contributed by atoms with Gasteiger partial charge >= 0.3 is 0 Å². The Kier molecular flexibility index (Phi) is 3.87. The Morgan fingerprint density at radius 1 is 1.35 bits per heavy atom. The van der Waals surface area contributed by atoms with Gasteiger partial charge in [-0.15, -0.1) is 11.3 Å². The second-order valence-corrected chi connectivity index (χ2v) is 6.65. The minimum atomic E-state index is -0.157. The highest BCUT2D eigenvalue weighted by atomic mass is 32.1. The number of hydrogen-bond acceptors (Lipinski definition) is 3. The van der Waals surface area contributed by atoms with E-state index in [0.29, 0.717) is 5.56 Å². The molecule has 1 aromatic heterocycles. The second kappa shape index (κ2) is 5.64. The van der Waals surface area contributed by atoms with Gasteiger partial charge in [0.25, 0.3) is 0 Å². The molecule has 0 atom stereocenters. The normalized spacial score (nSPS) is 16.9. The van der Waals surface area contributed by atoms with Crippen molar-refractivity contribution in [1.29, 1.82) is 0 Å². The Hall–Kier alpha value is -1.23. The molecule has 1 saturated heterocycles. The fraction of sp³-hybridized carbons (Fsp3) is 0.375. The summed E-state index contributed by atoms with van der Waals surface area (Å²) in [5.41, 5.74) is 2.06. The molecule has 2 heterocycles. The highest BCUT2D eigenvalue weighted by molar-refractivity contribution is 7.13. The lowest BCUT2D eigenvalue weighted by atomic mass is 9.89. The summed E-state index contributed by atoms with van der Waals surface area (Å²) in [5.74, 6) is -0.157. The van der Waals surface area contributed by atoms with Crippen LogP contribution in [0, 0.1) is 11.2 Å². The van der Waals surface area contributed by atoms with Crippen LogP contribution < -0.4 is 5.32 Å². The fourth-order valence-electron chi connectivity index (χ4n) is 2.36. The largest absolute Gasteiger partial charge is 0.380 e. The van der Waals surface area contributed by atoms with Gasteiger partial charge in [-0.05, 0) is 29.1 Å². The van der Waals surface area contributed by atoms with E-state index in [4.69, 9.17) is 4.74 Å². The summed E-state index contributed by atoms with van der Waals surface area (Å²) in [4.78, 5) is 0.976. The molecule has 2 nitrogen and oxygen atoms in total. The third-order valence-corrected chi connectivity index (χ3v) is 4.50. The topological polar surface area (TPSA) is 21.3 Å². The number of hydrogen-bond donors (Lipinski definition) is 1. The first-order valence-corrected chi connectivity index (χ1v) is 7.65. The van der Waals surface area contributed by atoms with Crippen LogP contribution in [0.1, 0.15) is 12.5 Å². The molecule has 1 aromatic carbocycles. The highest BCUT2D eigenvalue weighted by Gasteiger charge is 2.32. The van der Waals surface area contributed by atoms with Crippen LogP contribution in [0.3, 0.4) is 0 Å².